The van der Waals surface area contributed by atoms with E-state index in [-0.39, 0.29) is 44.5 Å². The fourth-order valence-corrected chi connectivity index (χ4v) is 0.898. The minimum Gasteiger partial charge on any atom is -0.546 e. The number of carboxylic acid groups (broad SMARTS) is 2. The van der Waals surface area contributed by atoms with Crippen molar-refractivity contribution >= 4 is 11.9 Å². The van der Waals surface area contributed by atoms with E-state index in [0.29, 0.717) is 0 Å². The van der Waals surface area contributed by atoms with E-state index < -0.39 is 18.5 Å². The first-order chi connectivity index (χ1) is 6.61. The Morgan fingerprint density at radius 3 is 2.00 bits per heavy atom. The Morgan fingerprint density at radius 1 is 1.06 bits per heavy atom. The van der Waals surface area contributed by atoms with E-state index >= 15 is 0 Å². The molecular formula is C9H15CoO8+3. The van der Waals surface area contributed by atoms with Gasteiger partial charge in [0.05, 0.1) is 11.9 Å². The zero-order valence-corrected chi connectivity index (χ0v) is 10.2. The molecule has 9 N–H and O–H groups in total. The normalized spacial score (nSPS) is 7.33. The average molecular weight is 310 g/mol. The van der Waals surface area contributed by atoms with Crippen LogP contribution in [0.15, 0.2) is 24.3 Å². The van der Waals surface area contributed by atoms with E-state index in [1.54, 1.807) is 0 Å². The summed E-state index contributed by atoms with van der Waals surface area (Å²) in [7, 11) is 0. The molecule has 8 nitrogen and oxygen atoms in total. The van der Waals surface area contributed by atoms with Crippen molar-refractivity contribution in [2.45, 2.75) is 0 Å². The molecule has 0 atom stereocenters. The number of carboxylic acids is 2. The maximum absolute atomic E-state index is 10.5. The second-order valence-corrected chi connectivity index (χ2v) is 2.44. The standard InChI is InChI=1S/C9H8O5.Co.3H2O/c10-8(11)5-14-7-4-2-1-3-6(7)9(12)13;;;;/h1-4H,5H2,(H,10,11)(H,12,13);;3*1H2/q;+2;;;/p+1. The Bertz CT molecular complexity index is 367. The summed E-state index contributed by atoms with van der Waals surface area (Å²) in [6, 6.07) is 5.61. The Kier molecular flexibility index (Phi) is 16.6. The first kappa shape index (κ1) is 25.3. The molecule has 1 radical (unpaired) electrons. The maximum Gasteiger partial charge on any atom is 2.00 e. The molecule has 0 spiro atoms. The summed E-state index contributed by atoms with van der Waals surface area (Å²) in [6.45, 7) is -0.690. The van der Waals surface area contributed by atoms with Crippen LogP contribution in [0, 0.1) is 0 Å². The van der Waals surface area contributed by atoms with Crippen molar-refractivity contribution in [3.63, 3.8) is 0 Å². The fraction of sp³-hybridized carbons (Fsp3) is 0.111. The molecule has 1 aromatic carbocycles. The molecule has 0 aliphatic rings. The molecule has 1 aromatic rings. The Morgan fingerprint density at radius 2 is 1.56 bits per heavy atom. The molecule has 0 aliphatic carbocycles. The summed E-state index contributed by atoms with van der Waals surface area (Å²) in [5.41, 5.74) is -0.186. The molecule has 0 aliphatic heterocycles. The molecule has 0 saturated heterocycles. The van der Waals surface area contributed by atoms with Gasteiger partial charge in [-0.3, -0.25) is 0 Å². The summed E-state index contributed by atoms with van der Waals surface area (Å²) < 4.78 is 4.68. The molecule has 18 heavy (non-hydrogen) atoms. The van der Waals surface area contributed by atoms with Gasteiger partial charge in [-0.1, -0.05) is 12.1 Å². The van der Waals surface area contributed by atoms with Gasteiger partial charge >= 0.3 is 16.8 Å². The summed E-state index contributed by atoms with van der Waals surface area (Å²) in [6.07, 6.45) is 0. The van der Waals surface area contributed by atoms with Crippen LogP contribution in [0.3, 0.4) is 0 Å². The van der Waals surface area contributed by atoms with Crippen molar-refractivity contribution in [3.8, 4) is 5.75 Å². The van der Waals surface area contributed by atoms with Gasteiger partial charge in [-0.25, -0.2) is 0 Å². The molecule has 9 heteroatoms. The molecule has 0 aromatic heterocycles. The van der Waals surface area contributed by atoms with Crippen LogP contribution in [-0.2, 0) is 38.0 Å². The molecule has 0 unspecified atom stereocenters. The number of para-hydroxylation sites is 1. The SMILES string of the molecule is O=C([O-])COc1ccccc1C(=O)[O-].[Co+2].[OH3+].[OH3+].[OH3+]. The molecule has 0 amide bonds. The largest absolute Gasteiger partial charge is 2.00 e. The van der Waals surface area contributed by atoms with Crippen LogP contribution in [0.5, 0.6) is 5.75 Å². The summed E-state index contributed by atoms with van der Waals surface area (Å²) in [5, 5.41) is 20.6. The first-order valence-corrected chi connectivity index (χ1v) is 3.74. The quantitative estimate of drug-likeness (QED) is 0.505. The number of benzene rings is 1. The molecular weight excluding hydrogens is 295 g/mol. The zero-order chi connectivity index (χ0) is 10.6. The number of hydrogen-bond acceptors (Lipinski definition) is 5. The number of carbonyl (C=O) groups excluding carboxylic acids is 2. The number of carbonyl (C=O) groups is 2. The van der Waals surface area contributed by atoms with E-state index in [1.807, 2.05) is 0 Å². The number of hydrogen-bond donors (Lipinski definition) is 0. The van der Waals surface area contributed by atoms with Crippen LogP contribution in [0.1, 0.15) is 10.4 Å². The summed E-state index contributed by atoms with van der Waals surface area (Å²) in [4.78, 5) is 20.6. The molecule has 1 rings (SSSR count). The zero-order valence-electron chi connectivity index (χ0n) is 9.12. The van der Waals surface area contributed by atoms with Gasteiger partial charge in [0, 0.05) is 5.56 Å². The third-order valence-corrected chi connectivity index (χ3v) is 1.45. The summed E-state index contributed by atoms with van der Waals surface area (Å²) >= 11 is 0. The van der Waals surface area contributed by atoms with Gasteiger partial charge in [-0.05, 0) is 12.1 Å². The number of rotatable bonds is 4. The van der Waals surface area contributed by atoms with E-state index in [2.05, 4.69) is 4.74 Å². The van der Waals surface area contributed by atoms with Crippen molar-refractivity contribution in [3.05, 3.63) is 29.8 Å². The van der Waals surface area contributed by atoms with Gasteiger partial charge in [0.1, 0.15) is 12.4 Å². The first-order valence-electron chi connectivity index (χ1n) is 3.74. The van der Waals surface area contributed by atoms with Gasteiger partial charge < -0.3 is 41.0 Å². The molecule has 0 fully saturated rings. The van der Waals surface area contributed by atoms with Crippen LogP contribution >= 0.6 is 0 Å². The van der Waals surface area contributed by atoms with Crippen molar-refractivity contribution in [1.29, 1.82) is 0 Å². The number of aliphatic carboxylic acids is 1. The van der Waals surface area contributed by atoms with Crippen molar-refractivity contribution in [2.24, 2.45) is 0 Å². The molecule has 105 valence electrons. The van der Waals surface area contributed by atoms with Crippen LogP contribution in [0.25, 0.3) is 0 Å². The average Bonchev–Trinajstić information content (AvgIpc) is 2.15. The number of aromatic carboxylic acids is 1. The molecule has 0 saturated carbocycles. The van der Waals surface area contributed by atoms with Gasteiger partial charge in [-0.2, -0.15) is 0 Å². The maximum atomic E-state index is 10.5. The summed E-state index contributed by atoms with van der Waals surface area (Å²) in [5.74, 6) is -2.88. The van der Waals surface area contributed by atoms with E-state index in [4.69, 9.17) is 0 Å². The van der Waals surface area contributed by atoms with Crippen molar-refractivity contribution in [1.82, 2.24) is 0 Å². The van der Waals surface area contributed by atoms with Crippen molar-refractivity contribution < 1.29 is 57.7 Å². The predicted octanol–water partition coefficient (Wildman–Crippen LogP) is -4.59. The monoisotopic (exact) mass is 310 g/mol. The third-order valence-electron chi connectivity index (χ3n) is 1.45. The van der Waals surface area contributed by atoms with Crippen molar-refractivity contribution in [2.75, 3.05) is 6.61 Å². The minimum absolute atomic E-state index is 0. The Labute approximate surface area is 112 Å². The Balaban J connectivity index is -0.000000245. The van der Waals surface area contributed by atoms with Gasteiger partial charge in [-0.15, -0.1) is 0 Å². The van der Waals surface area contributed by atoms with E-state index in [1.165, 1.54) is 24.3 Å². The predicted molar refractivity (Wildman–Crippen MR) is 55.9 cm³/mol. The topological polar surface area (TPSA) is 188 Å². The smallest absolute Gasteiger partial charge is 0.546 e. The van der Waals surface area contributed by atoms with E-state index in [9.17, 15) is 19.8 Å². The molecule has 0 bridgehead atoms. The van der Waals surface area contributed by atoms with Gasteiger partial charge in [0.2, 0.25) is 0 Å². The number of ether oxygens (including phenoxy) is 1. The van der Waals surface area contributed by atoms with Crippen LogP contribution in [0.4, 0.5) is 0 Å². The Hall–Kier alpha value is -1.65. The molecule has 0 heterocycles. The second kappa shape index (κ2) is 11.8. The second-order valence-electron chi connectivity index (χ2n) is 2.44. The fourth-order valence-electron chi connectivity index (χ4n) is 0.898. The van der Waals surface area contributed by atoms with Gasteiger partial charge in [0.15, 0.2) is 0 Å². The van der Waals surface area contributed by atoms with Crippen LogP contribution in [0.2, 0.25) is 0 Å². The van der Waals surface area contributed by atoms with Gasteiger partial charge in [0.25, 0.3) is 0 Å². The minimum atomic E-state index is -1.42. The van der Waals surface area contributed by atoms with Crippen LogP contribution < -0.4 is 14.9 Å². The third kappa shape index (κ3) is 7.59. The van der Waals surface area contributed by atoms with E-state index in [0.717, 1.165) is 0 Å². The van der Waals surface area contributed by atoms with Crippen LogP contribution in [-0.4, -0.2) is 18.5 Å².